The van der Waals surface area contributed by atoms with Gasteiger partial charge in [0.1, 0.15) is 11.7 Å². The maximum absolute atomic E-state index is 13.0. The number of halogens is 1. The Labute approximate surface area is 171 Å². The smallest absolute Gasteiger partial charge is 0.342 e. The van der Waals surface area contributed by atoms with Crippen LogP contribution in [0.25, 0.3) is 27.9 Å². The fraction of sp³-hybridized carbons (Fsp3) is 0.0833. The van der Waals surface area contributed by atoms with Gasteiger partial charge in [-0.15, -0.1) is 0 Å². The van der Waals surface area contributed by atoms with E-state index in [2.05, 4.69) is 22.6 Å². The van der Waals surface area contributed by atoms with Crippen LogP contribution in [-0.2, 0) is 4.74 Å². The number of hydrogen-bond acceptors (Lipinski definition) is 3. The van der Waals surface area contributed by atoms with E-state index in [4.69, 9.17) is 21.3 Å². The van der Waals surface area contributed by atoms with Crippen molar-refractivity contribution in [2.75, 3.05) is 0 Å². The molecule has 2 aromatic carbocycles. The van der Waals surface area contributed by atoms with E-state index in [-0.39, 0.29) is 18.0 Å². The van der Waals surface area contributed by atoms with Gasteiger partial charge in [-0.25, -0.2) is 9.78 Å². The van der Waals surface area contributed by atoms with Crippen LogP contribution < -0.4 is 0 Å². The molecule has 2 aromatic heterocycles. The average molecular weight is 399 g/mol. The van der Waals surface area contributed by atoms with E-state index in [1.54, 1.807) is 6.08 Å². The number of pyridine rings is 1. The Balaban J connectivity index is 1.77. The number of para-hydroxylation sites is 2. The molecule has 2 atom stereocenters. The van der Waals surface area contributed by atoms with Crippen LogP contribution in [0.1, 0.15) is 21.8 Å². The van der Waals surface area contributed by atoms with Crippen LogP contribution in [0.15, 0.2) is 83.9 Å². The molecule has 1 aliphatic heterocycles. The fourth-order valence-corrected chi connectivity index (χ4v) is 4.54. The summed E-state index contributed by atoms with van der Waals surface area (Å²) in [6.45, 7) is 0. The lowest BCUT2D eigenvalue weighted by atomic mass is 9.84. The molecule has 29 heavy (non-hydrogen) atoms. The van der Waals surface area contributed by atoms with Crippen molar-refractivity contribution in [2.24, 2.45) is 0 Å². The second-order valence-corrected chi connectivity index (χ2v) is 7.73. The van der Waals surface area contributed by atoms with E-state index in [9.17, 15) is 4.79 Å². The number of carbonyl (C=O) groups excluding carboxylic acids is 1. The van der Waals surface area contributed by atoms with Gasteiger partial charge in [0, 0.05) is 11.0 Å². The molecule has 2 aliphatic rings. The molecule has 0 saturated heterocycles. The molecule has 0 bridgehead atoms. The monoisotopic (exact) mass is 398 g/mol. The molecule has 140 valence electrons. The van der Waals surface area contributed by atoms with E-state index < -0.39 is 0 Å². The van der Waals surface area contributed by atoms with Crippen LogP contribution in [0.2, 0.25) is 0 Å². The van der Waals surface area contributed by atoms with Crippen LogP contribution in [0.3, 0.4) is 0 Å². The summed E-state index contributed by atoms with van der Waals surface area (Å²) in [5, 5.41) is 0.643. The molecule has 0 radical (unpaired) electrons. The minimum Gasteiger partial charge on any atom is -0.453 e. The molecule has 1 aliphatic carbocycles. The average Bonchev–Trinajstić information content (AvgIpc) is 3.13. The van der Waals surface area contributed by atoms with Gasteiger partial charge in [0.05, 0.1) is 16.7 Å². The van der Waals surface area contributed by atoms with E-state index in [1.165, 1.54) is 0 Å². The molecule has 0 spiro atoms. The summed E-state index contributed by atoms with van der Waals surface area (Å²) >= 11 is 6.29. The summed E-state index contributed by atoms with van der Waals surface area (Å²) in [5.74, 6) is -0.482. The summed E-state index contributed by atoms with van der Waals surface area (Å²) in [6.07, 6.45) is 5.22. The first-order valence-electron chi connectivity index (χ1n) is 9.47. The van der Waals surface area contributed by atoms with Crippen molar-refractivity contribution in [1.82, 2.24) is 9.38 Å². The predicted molar refractivity (Wildman–Crippen MR) is 113 cm³/mol. The number of hydrogen-bond donors (Lipinski definition) is 0. The molecular weight excluding hydrogens is 384 g/mol. The third-order valence-corrected chi connectivity index (χ3v) is 5.87. The number of ether oxygens (including phenoxy) is 1. The zero-order chi connectivity index (χ0) is 19.5. The van der Waals surface area contributed by atoms with Crippen molar-refractivity contribution in [3.8, 4) is 11.3 Å². The van der Waals surface area contributed by atoms with Crippen LogP contribution in [0.4, 0.5) is 0 Å². The number of carbonyl (C=O) groups is 1. The second kappa shape index (κ2) is 6.06. The van der Waals surface area contributed by atoms with Gasteiger partial charge >= 0.3 is 5.97 Å². The molecule has 0 amide bonds. The first kappa shape index (κ1) is 16.6. The highest BCUT2D eigenvalue weighted by Gasteiger charge is 2.37. The Bertz CT molecular complexity index is 1370. The maximum atomic E-state index is 13.0. The van der Waals surface area contributed by atoms with Gasteiger partial charge in [-0.1, -0.05) is 60.1 Å². The SMILES string of the molecule is O=C1O[C@H]2C=CC(Cl)=C[C@@H]2c2cc(-c3ccccc3)n3c(nc4ccccc43)c21. The highest BCUT2D eigenvalue weighted by Crippen LogP contribution is 2.41. The summed E-state index contributed by atoms with van der Waals surface area (Å²) < 4.78 is 7.78. The van der Waals surface area contributed by atoms with Crippen LogP contribution in [-0.4, -0.2) is 21.5 Å². The first-order valence-corrected chi connectivity index (χ1v) is 9.84. The lowest BCUT2D eigenvalue weighted by molar-refractivity contribution is 0.0326. The van der Waals surface area contributed by atoms with E-state index in [0.717, 1.165) is 27.9 Å². The van der Waals surface area contributed by atoms with Crippen molar-refractivity contribution < 1.29 is 9.53 Å². The normalized spacial score (nSPS) is 20.3. The third-order valence-electron chi connectivity index (χ3n) is 5.62. The number of benzene rings is 2. The van der Waals surface area contributed by atoms with Gasteiger partial charge in [-0.3, -0.25) is 4.40 Å². The molecule has 3 heterocycles. The Morgan fingerprint density at radius 1 is 1.03 bits per heavy atom. The van der Waals surface area contributed by atoms with Crippen molar-refractivity contribution in [1.29, 1.82) is 0 Å². The van der Waals surface area contributed by atoms with Gasteiger partial charge in [-0.2, -0.15) is 0 Å². The summed E-state index contributed by atoms with van der Waals surface area (Å²) in [4.78, 5) is 17.8. The zero-order valence-corrected chi connectivity index (χ0v) is 16.0. The predicted octanol–water partition coefficient (Wildman–Crippen LogP) is 5.47. The molecule has 4 nitrogen and oxygen atoms in total. The zero-order valence-electron chi connectivity index (χ0n) is 15.2. The van der Waals surface area contributed by atoms with Crippen molar-refractivity contribution in [3.63, 3.8) is 0 Å². The molecule has 0 fully saturated rings. The standard InChI is InChI=1S/C24H15ClN2O2/c25-15-10-11-21-16(12-15)17-13-20(14-6-2-1-3-7-14)27-19-9-5-4-8-18(19)26-23(27)22(17)24(28)29-21/h1-13,16,21H/t16-,21+/m1/s1. The molecule has 0 unspecified atom stereocenters. The number of imidazole rings is 1. The molecule has 6 rings (SSSR count). The van der Waals surface area contributed by atoms with Gasteiger partial charge in [0.25, 0.3) is 0 Å². The third kappa shape index (κ3) is 2.39. The van der Waals surface area contributed by atoms with Crippen molar-refractivity contribution in [3.05, 3.63) is 95.1 Å². The lowest BCUT2D eigenvalue weighted by Crippen LogP contribution is -2.32. The molecule has 0 N–H and O–H groups in total. The Morgan fingerprint density at radius 2 is 1.83 bits per heavy atom. The van der Waals surface area contributed by atoms with Crippen LogP contribution >= 0.6 is 11.6 Å². The van der Waals surface area contributed by atoms with E-state index in [0.29, 0.717) is 16.2 Å². The summed E-state index contributed by atoms with van der Waals surface area (Å²) in [7, 11) is 0. The van der Waals surface area contributed by atoms with Crippen LogP contribution in [0.5, 0.6) is 0 Å². The number of fused-ring (bicyclic) bond motifs is 7. The summed E-state index contributed by atoms with van der Waals surface area (Å²) in [6, 6.07) is 20.1. The molecule has 4 aromatic rings. The van der Waals surface area contributed by atoms with Gasteiger partial charge in [0.15, 0.2) is 5.65 Å². The first-order chi connectivity index (χ1) is 14.2. The quantitative estimate of drug-likeness (QED) is 0.399. The number of aromatic nitrogens is 2. The number of esters is 1. The minimum absolute atomic E-state index is 0.132. The van der Waals surface area contributed by atoms with Gasteiger partial charge in [-0.05, 0) is 41.5 Å². The van der Waals surface area contributed by atoms with Gasteiger partial charge in [0.2, 0.25) is 0 Å². The van der Waals surface area contributed by atoms with Crippen LogP contribution in [0, 0.1) is 0 Å². The van der Waals surface area contributed by atoms with Gasteiger partial charge < -0.3 is 4.74 Å². The second-order valence-electron chi connectivity index (χ2n) is 7.29. The number of nitrogens with zero attached hydrogens (tertiary/aromatic N) is 2. The molecule has 5 heteroatoms. The highest BCUT2D eigenvalue weighted by atomic mass is 35.5. The maximum Gasteiger partial charge on any atom is 0.342 e. The topological polar surface area (TPSA) is 43.6 Å². The number of rotatable bonds is 1. The largest absolute Gasteiger partial charge is 0.453 e. The van der Waals surface area contributed by atoms with Crippen molar-refractivity contribution in [2.45, 2.75) is 12.0 Å². The highest BCUT2D eigenvalue weighted by molar-refractivity contribution is 6.31. The van der Waals surface area contributed by atoms with Crippen molar-refractivity contribution >= 4 is 34.3 Å². The Morgan fingerprint density at radius 3 is 2.69 bits per heavy atom. The van der Waals surface area contributed by atoms with E-state index in [1.807, 2.05) is 54.6 Å². The number of allylic oxidation sites excluding steroid dienone is 2. The Hall–Kier alpha value is -3.37. The summed E-state index contributed by atoms with van der Waals surface area (Å²) in [5.41, 5.74) is 5.86. The minimum atomic E-state index is -0.354. The Kier molecular flexibility index (Phi) is 3.46. The lowest BCUT2D eigenvalue weighted by Gasteiger charge is -2.32. The molecule has 0 saturated carbocycles. The fourth-order valence-electron chi connectivity index (χ4n) is 4.33. The molecular formula is C24H15ClN2O2. The van der Waals surface area contributed by atoms with E-state index >= 15 is 0 Å².